The Labute approximate surface area is 118 Å². The van der Waals surface area contributed by atoms with Crippen molar-refractivity contribution in [3.63, 3.8) is 0 Å². The Hall–Kier alpha value is -2.10. The lowest BCUT2D eigenvalue weighted by atomic mass is 10.1. The summed E-state index contributed by atoms with van der Waals surface area (Å²) >= 11 is 0. The van der Waals surface area contributed by atoms with E-state index in [1.807, 2.05) is 37.4 Å². The second-order valence-corrected chi connectivity index (χ2v) is 5.31. The van der Waals surface area contributed by atoms with Crippen LogP contribution in [-0.4, -0.2) is 24.0 Å². The molecule has 0 aliphatic heterocycles. The predicted molar refractivity (Wildman–Crippen MR) is 80.9 cm³/mol. The molecule has 2 atom stereocenters. The zero-order valence-electron chi connectivity index (χ0n) is 11.8. The number of carbonyl (C=O) groups excluding carboxylic acids is 1. The van der Waals surface area contributed by atoms with Gasteiger partial charge < -0.3 is 10.6 Å². The topological polar surface area (TPSA) is 54.0 Å². The summed E-state index contributed by atoms with van der Waals surface area (Å²) in [6, 6.07) is 9.91. The van der Waals surface area contributed by atoms with E-state index in [2.05, 4.69) is 22.5 Å². The summed E-state index contributed by atoms with van der Waals surface area (Å²) in [5.74, 6) is 1.37. The monoisotopic (exact) mass is 269 g/mol. The van der Waals surface area contributed by atoms with Crippen molar-refractivity contribution in [2.24, 2.45) is 5.92 Å². The zero-order chi connectivity index (χ0) is 14.1. The Kier molecular flexibility index (Phi) is 3.30. The average molecular weight is 269 g/mol. The summed E-state index contributed by atoms with van der Waals surface area (Å²) in [5, 5.41) is 7.03. The SMILES string of the molecule is CCC1CC1NC(=O)c1cc(NC)nc2ccccc12. The van der Waals surface area contributed by atoms with Gasteiger partial charge in [0, 0.05) is 18.5 Å². The fourth-order valence-corrected chi connectivity index (χ4v) is 2.61. The average Bonchev–Trinajstić information content (AvgIpc) is 3.24. The van der Waals surface area contributed by atoms with Crippen LogP contribution in [0.5, 0.6) is 0 Å². The second kappa shape index (κ2) is 5.12. The van der Waals surface area contributed by atoms with Crippen LogP contribution in [0.4, 0.5) is 5.82 Å². The number of carbonyl (C=O) groups is 1. The highest BCUT2D eigenvalue weighted by Gasteiger charge is 2.36. The minimum absolute atomic E-state index is 0.000972. The van der Waals surface area contributed by atoms with Crippen LogP contribution in [-0.2, 0) is 0 Å². The van der Waals surface area contributed by atoms with E-state index >= 15 is 0 Å². The third-order valence-electron chi connectivity index (χ3n) is 3.98. The van der Waals surface area contributed by atoms with Gasteiger partial charge in [-0.05, 0) is 24.5 Å². The molecular weight excluding hydrogens is 250 g/mol. The third-order valence-corrected chi connectivity index (χ3v) is 3.98. The van der Waals surface area contributed by atoms with E-state index in [-0.39, 0.29) is 5.91 Å². The van der Waals surface area contributed by atoms with Crippen molar-refractivity contribution in [3.05, 3.63) is 35.9 Å². The van der Waals surface area contributed by atoms with Crippen LogP contribution in [0.1, 0.15) is 30.1 Å². The fraction of sp³-hybridized carbons (Fsp3) is 0.375. The van der Waals surface area contributed by atoms with Crippen molar-refractivity contribution in [1.82, 2.24) is 10.3 Å². The van der Waals surface area contributed by atoms with Crippen LogP contribution in [0.3, 0.4) is 0 Å². The largest absolute Gasteiger partial charge is 0.373 e. The molecule has 1 aliphatic carbocycles. The molecule has 2 aromatic rings. The molecule has 4 nitrogen and oxygen atoms in total. The Morgan fingerprint density at radius 1 is 1.40 bits per heavy atom. The van der Waals surface area contributed by atoms with Crippen molar-refractivity contribution in [2.75, 3.05) is 12.4 Å². The van der Waals surface area contributed by atoms with E-state index in [9.17, 15) is 4.79 Å². The van der Waals surface area contributed by atoms with Gasteiger partial charge in [0.05, 0.1) is 11.1 Å². The summed E-state index contributed by atoms with van der Waals surface area (Å²) in [6.07, 6.45) is 2.23. The van der Waals surface area contributed by atoms with Crippen molar-refractivity contribution in [3.8, 4) is 0 Å². The summed E-state index contributed by atoms with van der Waals surface area (Å²) in [6.45, 7) is 2.16. The molecule has 20 heavy (non-hydrogen) atoms. The normalized spacial score (nSPS) is 20.7. The highest BCUT2D eigenvalue weighted by atomic mass is 16.1. The number of rotatable bonds is 4. The number of amides is 1. The minimum atomic E-state index is 0.000972. The number of pyridine rings is 1. The van der Waals surface area contributed by atoms with Crippen molar-refractivity contribution in [2.45, 2.75) is 25.8 Å². The number of fused-ring (bicyclic) bond motifs is 1. The Balaban J connectivity index is 1.95. The molecule has 1 heterocycles. The lowest BCUT2D eigenvalue weighted by Gasteiger charge is -2.10. The Morgan fingerprint density at radius 3 is 2.90 bits per heavy atom. The molecule has 2 unspecified atom stereocenters. The fourth-order valence-electron chi connectivity index (χ4n) is 2.61. The van der Waals surface area contributed by atoms with Gasteiger partial charge in [-0.15, -0.1) is 0 Å². The first kappa shape index (κ1) is 12.9. The quantitative estimate of drug-likeness (QED) is 0.897. The lowest BCUT2D eigenvalue weighted by Crippen LogP contribution is -2.27. The first-order valence-electron chi connectivity index (χ1n) is 7.11. The predicted octanol–water partition coefficient (Wildman–Crippen LogP) is 2.80. The number of para-hydroxylation sites is 1. The van der Waals surface area contributed by atoms with Gasteiger partial charge in [-0.1, -0.05) is 31.5 Å². The number of nitrogens with zero attached hydrogens (tertiary/aromatic N) is 1. The molecule has 0 spiro atoms. The second-order valence-electron chi connectivity index (χ2n) is 5.31. The van der Waals surface area contributed by atoms with Crippen molar-refractivity contribution in [1.29, 1.82) is 0 Å². The summed E-state index contributed by atoms with van der Waals surface area (Å²) in [7, 11) is 1.81. The van der Waals surface area contributed by atoms with Gasteiger partial charge in [0.2, 0.25) is 0 Å². The molecule has 1 fully saturated rings. The molecule has 3 rings (SSSR count). The standard InChI is InChI=1S/C16H19N3O/c1-3-10-8-14(10)19-16(20)12-9-15(17-2)18-13-7-5-4-6-11(12)13/h4-7,9-10,14H,3,8H2,1-2H3,(H,17,18)(H,19,20). The number of nitrogens with one attached hydrogen (secondary N) is 2. The Morgan fingerprint density at radius 2 is 2.20 bits per heavy atom. The van der Waals surface area contributed by atoms with Crippen LogP contribution in [0.25, 0.3) is 10.9 Å². The van der Waals surface area contributed by atoms with Crippen LogP contribution in [0, 0.1) is 5.92 Å². The number of anilines is 1. The molecule has 4 heteroatoms. The van der Waals surface area contributed by atoms with Gasteiger partial charge in [-0.2, -0.15) is 0 Å². The summed E-state index contributed by atoms with van der Waals surface area (Å²) in [4.78, 5) is 16.9. The van der Waals surface area contributed by atoms with E-state index in [4.69, 9.17) is 0 Å². The van der Waals surface area contributed by atoms with Gasteiger partial charge in [0.25, 0.3) is 5.91 Å². The molecule has 1 aromatic carbocycles. The highest BCUT2D eigenvalue weighted by Crippen LogP contribution is 2.33. The van der Waals surface area contributed by atoms with Crippen LogP contribution in [0.15, 0.2) is 30.3 Å². The third kappa shape index (κ3) is 2.33. The van der Waals surface area contributed by atoms with Gasteiger partial charge in [0.1, 0.15) is 5.82 Å². The first-order valence-corrected chi connectivity index (χ1v) is 7.11. The Bertz CT molecular complexity index is 653. The molecule has 0 saturated heterocycles. The van der Waals surface area contributed by atoms with Crippen LogP contribution >= 0.6 is 0 Å². The number of hydrogen-bond acceptors (Lipinski definition) is 3. The number of hydrogen-bond donors (Lipinski definition) is 2. The first-order chi connectivity index (χ1) is 9.72. The molecule has 2 N–H and O–H groups in total. The lowest BCUT2D eigenvalue weighted by molar-refractivity contribution is 0.0950. The van der Waals surface area contributed by atoms with E-state index in [1.165, 1.54) is 0 Å². The number of benzene rings is 1. The van der Waals surface area contributed by atoms with Crippen LogP contribution < -0.4 is 10.6 Å². The minimum Gasteiger partial charge on any atom is -0.373 e. The maximum atomic E-state index is 12.5. The van der Waals surface area contributed by atoms with E-state index in [0.717, 1.165) is 29.6 Å². The molecule has 104 valence electrons. The maximum Gasteiger partial charge on any atom is 0.252 e. The van der Waals surface area contributed by atoms with E-state index in [1.54, 1.807) is 0 Å². The molecule has 1 aromatic heterocycles. The smallest absolute Gasteiger partial charge is 0.252 e. The zero-order valence-corrected chi connectivity index (χ0v) is 11.8. The summed E-state index contributed by atoms with van der Waals surface area (Å²) < 4.78 is 0. The van der Waals surface area contributed by atoms with Crippen molar-refractivity contribution >= 4 is 22.6 Å². The highest BCUT2D eigenvalue weighted by molar-refractivity contribution is 6.07. The van der Waals surface area contributed by atoms with Crippen molar-refractivity contribution < 1.29 is 4.79 Å². The van der Waals surface area contributed by atoms with Gasteiger partial charge >= 0.3 is 0 Å². The van der Waals surface area contributed by atoms with E-state index in [0.29, 0.717) is 17.5 Å². The van der Waals surface area contributed by atoms with E-state index < -0.39 is 0 Å². The molecule has 0 bridgehead atoms. The molecule has 1 aliphatic rings. The molecule has 1 amide bonds. The number of aromatic nitrogens is 1. The van der Waals surface area contributed by atoms with Gasteiger partial charge in [-0.3, -0.25) is 4.79 Å². The molecule has 1 saturated carbocycles. The van der Waals surface area contributed by atoms with Crippen LogP contribution in [0.2, 0.25) is 0 Å². The summed E-state index contributed by atoms with van der Waals surface area (Å²) in [5.41, 5.74) is 1.54. The molecule has 0 radical (unpaired) electrons. The van der Waals surface area contributed by atoms with Gasteiger partial charge in [-0.25, -0.2) is 4.98 Å². The van der Waals surface area contributed by atoms with Gasteiger partial charge in [0.15, 0.2) is 0 Å². The molecular formula is C16H19N3O. The maximum absolute atomic E-state index is 12.5.